The van der Waals surface area contributed by atoms with Gasteiger partial charge in [0, 0.05) is 24.2 Å². The molecule has 0 unspecified atom stereocenters. The Labute approximate surface area is 162 Å². The van der Waals surface area contributed by atoms with Crippen molar-refractivity contribution in [2.75, 3.05) is 11.1 Å². The van der Waals surface area contributed by atoms with Gasteiger partial charge in [-0.25, -0.2) is 4.98 Å². The molecule has 0 saturated heterocycles. The number of fused-ring (bicyclic) bond motifs is 2. The maximum Gasteiger partial charge on any atom is 0.230 e. The predicted molar refractivity (Wildman–Crippen MR) is 104 cm³/mol. The number of aromatic amines is 1. The predicted octanol–water partition coefficient (Wildman–Crippen LogP) is 2.83. The van der Waals surface area contributed by atoms with Crippen molar-refractivity contribution in [2.45, 2.75) is 43.8 Å². The lowest BCUT2D eigenvalue weighted by molar-refractivity contribution is -0.119. The van der Waals surface area contributed by atoms with Gasteiger partial charge in [0.15, 0.2) is 5.82 Å². The Morgan fingerprint density at radius 2 is 2.04 bits per heavy atom. The van der Waals surface area contributed by atoms with Crippen LogP contribution >= 0.6 is 11.8 Å². The molecule has 1 heterocycles. The third-order valence-corrected chi connectivity index (χ3v) is 6.21. The molecule has 2 aliphatic carbocycles. The van der Waals surface area contributed by atoms with E-state index >= 15 is 0 Å². The molecule has 2 amide bonds. The van der Waals surface area contributed by atoms with Crippen LogP contribution in [0.15, 0.2) is 29.4 Å². The molecular weight excluding hydrogens is 362 g/mol. The van der Waals surface area contributed by atoms with Gasteiger partial charge in [0.05, 0.1) is 5.75 Å². The van der Waals surface area contributed by atoms with E-state index in [0.29, 0.717) is 28.7 Å². The topological polar surface area (TPSA) is 99.8 Å². The van der Waals surface area contributed by atoms with Crippen molar-refractivity contribution in [3.63, 3.8) is 0 Å². The zero-order chi connectivity index (χ0) is 18.8. The number of anilines is 1. The number of H-pyrrole nitrogens is 1. The van der Waals surface area contributed by atoms with Crippen LogP contribution in [-0.4, -0.2) is 38.8 Å². The molecule has 3 N–H and O–H groups in total. The molecule has 7 nitrogen and oxygen atoms in total. The minimum atomic E-state index is -0.107. The molecule has 2 saturated carbocycles. The molecule has 8 heteroatoms. The summed E-state index contributed by atoms with van der Waals surface area (Å²) in [7, 11) is 0. The van der Waals surface area contributed by atoms with E-state index in [9.17, 15) is 9.59 Å². The van der Waals surface area contributed by atoms with E-state index in [1.807, 2.05) is 24.3 Å². The number of carbonyl (C=O) groups is 2. The Morgan fingerprint density at radius 3 is 2.70 bits per heavy atom. The van der Waals surface area contributed by atoms with Gasteiger partial charge < -0.3 is 10.6 Å². The molecule has 4 rings (SSSR count). The van der Waals surface area contributed by atoms with Crippen LogP contribution in [0.2, 0.25) is 0 Å². The first-order valence-electron chi connectivity index (χ1n) is 9.29. The van der Waals surface area contributed by atoms with Crippen LogP contribution in [0.5, 0.6) is 0 Å². The Morgan fingerprint density at radius 1 is 1.22 bits per heavy atom. The number of benzene rings is 1. The van der Waals surface area contributed by atoms with Gasteiger partial charge >= 0.3 is 0 Å². The first-order chi connectivity index (χ1) is 13.1. The molecule has 2 bridgehead atoms. The first kappa shape index (κ1) is 18.0. The fourth-order valence-electron chi connectivity index (χ4n) is 4.15. The van der Waals surface area contributed by atoms with Gasteiger partial charge in [-0.1, -0.05) is 18.2 Å². The summed E-state index contributed by atoms with van der Waals surface area (Å²) in [5, 5.41) is 13.5. The van der Waals surface area contributed by atoms with Gasteiger partial charge in [-0.15, -0.1) is 5.10 Å². The van der Waals surface area contributed by atoms with E-state index in [2.05, 4.69) is 25.8 Å². The van der Waals surface area contributed by atoms with Crippen molar-refractivity contribution in [1.29, 1.82) is 0 Å². The molecule has 0 aliphatic heterocycles. The Balaban J connectivity index is 1.29. The second-order valence-corrected chi connectivity index (χ2v) is 8.31. The molecule has 27 heavy (non-hydrogen) atoms. The summed E-state index contributed by atoms with van der Waals surface area (Å²) < 4.78 is 0. The maximum absolute atomic E-state index is 12.2. The van der Waals surface area contributed by atoms with Gasteiger partial charge in [-0.3, -0.25) is 14.7 Å². The zero-order valence-electron chi connectivity index (χ0n) is 15.2. The number of amides is 2. The third-order valence-electron chi connectivity index (χ3n) is 5.36. The highest BCUT2D eigenvalue weighted by Gasteiger charge is 2.39. The lowest BCUT2D eigenvalue weighted by Gasteiger charge is -2.22. The SMILES string of the molecule is CC(=O)Nc1ccc(-c2nc(SCC(=O)N[C@H]3C[C@H]4CC[C@H]3C4)n[nH]2)cc1. The van der Waals surface area contributed by atoms with E-state index in [-0.39, 0.29) is 11.8 Å². The summed E-state index contributed by atoms with van der Waals surface area (Å²) >= 11 is 1.34. The highest BCUT2D eigenvalue weighted by molar-refractivity contribution is 7.99. The van der Waals surface area contributed by atoms with Crippen LogP contribution in [0.25, 0.3) is 11.4 Å². The number of thioether (sulfide) groups is 1. The third kappa shape index (κ3) is 4.32. The van der Waals surface area contributed by atoms with Crippen LogP contribution in [0.4, 0.5) is 5.69 Å². The average Bonchev–Trinajstić information content (AvgIpc) is 3.37. The fraction of sp³-hybridized carbons (Fsp3) is 0.474. The van der Waals surface area contributed by atoms with E-state index in [1.54, 1.807) is 0 Å². The fourth-order valence-corrected chi connectivity index (χ4v) is 4.76. The molecular formula is C19H23N5O2S. The standard InChI is InChI=1S/C19H23N5O2S/c1-11(25)20-15-6-4-13(5-7-15)18-22-19(24-23-18)27-10-17(26)21-16-9-12-2-3-14(16)8-12/h4-7,12,14,16H,2-3,8-10H2,1H3,(H,20,25)(H,21,26)(H,22,23,24)/t12-,14-,16-/m0/s1. The highest BCUT2D eigenvalue weighted by atomic mass is 32.2. The van der Waals surface area contributed by atoms with E-state index < -0.39 is 0 Å². The van der Waals surface area contributed by atoms with Crippen molar-refractivity contribution < 1.29 is 9.59 Å². The number of hydrogen-bond acceptors (Lipinski definition) is 5. The summed E-state index contributed by atoms with van der Waals surface area (Å²) in [5.41, 5.74) is 1.60. The lowest BCUT2D eigenvalue weighted by Crippen LogP contribution is -2.39. The van der Waals surface area contributed by atoms with Crippen molar-refractivity contribution >= 4 is 29.3 Å². The summed E-state index contributed by atoms with van der Waals surface area (Å²) in [6, 6.07) is 7.72. The molecule has 1 aromatic carbocycles. The first-order valence-corrected chi connectivity index (χ1v) is 10.3. The summed E-state index contributed by atoms with van der Waals surface area (Å²) in [6.07, 6.45) is 5.01. The molecule has 2 aliphatic rings. The zero-order valence-corrected chi connectivity index (χ0v) is 16.0. The number of carbonyl (C=O) groups excluding carboxylic acids is 2. The van der Waals surface area contributed by atoms with Crippen molar-refractivity contribution in [2.24, 2.45) is 11.8 Å². The average molecular weight is 385 g/mol. The van der Waals surface area contributed by atoms with Crippen LogP contribution < -0.4 is 10.6 Å². The van der Waals surface area contributed by atoms with Crippen LogP contribution in [0, 0.1) is 11.8 Å². The van der Waals surface area contributed by atoms with Crippen molar-refractivity contribution in [3.8, 4) is 11.4 Å². The molecule has 1 aromatic heterocycles. The molecule has 142 valence electrons. The van der Waals surface area contributed by atoms with E-state index in [1.165, 1.54) is 37.9 Å². The molecule has 2 fully saturated rings. The number of rotatable bonds is 6. The minimum absolute atomic E-state index is 0.0589. The molecule has 2 aromatic rings. The highest BCUT2D eigenvalue weighted by Crippen LogP contribution is 2.44. The normalized spacial score (nSPS) is 23.4. The van der Waals surface area contributed by atoms with E-state index in [4.69, 9.17) is 0 Å². The largest absolute Gasteiger partial charge is 0.352 e. The second kappa shape index (κ2) is 7.72. The van der Waals surface area contributed by atoms with Crippen molar-refractivity contribution in [3.05, 3.63) is 24.3 Å². The second-order valence-electron chi connectivity index (χ2n) is 7.36. The number of aromatic nitrogens is 3. The quantitative estimate of drug-likeness (QED) is 0.664. The van der Waals surface area contributed by atoms with Gasteiger partial charge in [0.25, 0.3) is 0 Å². The molecule has 0 spiro atoms. The smallest absolute Gasteiger partial charge is 0.230 e. The lowest BCUT2D eigenvalue weighted by atomic mass is 9.95. The summed E-state index contributed by atoms with van der Waals surface area (Å²) in [4.78, 5) is 27.7. The molecule has 3 atom stereocenters. The van der Waals surface area contributed by atoms with Gasteiger partial charge in [-0.05, 0) is 55.4 Å². The van der Waals surface area contributed by atoms with Gasteiger partial charge in [-0.2, -0.15) is 0 Å². The van der Waals surface area contributed by atoms with E-state index in [0.717, 1.165) is 23.6 Å². The Kier molecular flexibility index (Phi) is 5.15. The Bertz CT molecular complexity index is 835. The van der Waals surface area contributed by atoms with Crippen LogP contribution in [0.3, 0.4) is 0 Å². The summed E-state index contributed by atoms with van der Waals surface area (Å²) in [6.45, 7) is 1.47. The van der Waals surface area contributed by atoms with Crippen LogP contribution in [-0.2, 0) is 9.59 Å². The summed E-state index contributed by atoms with van der Waals surface area (Å²) in [5.74, 6) is 2.42. The monoisotopic (exact) mass is 385 g/mol. The number of hydrogen-bond donors (Lipinski definition) is 3. The van der Waals surface area contributed by atoms with Gasteiger partial charge in [0.2, 0.25) is 17.0 Å². The number of nitrogens with one attached hydrogen (secondary N) is 3. The minimum Gasteiger partial charge on any atom is -0.352 e. The Hall–Kier alpha value is -2.35. The maximum atomic E-state index is 12.2. The van der Waals surface area contributed by atoms with Crippen molar-refractivity contribution in [1.82, 2.24) is 20.5 Å². The van der Waals surface area contributed by atoms with Crippen LogP contribution in [0.1, 0.15) is 32.6 Å². The van der Waals surface area contributed by atoms with Gasteiger partial charge in [0.1, 0.15) is 0 Å². The number of nitrogens with zero attached hydrogens (tertiary/aromatic N) is 2. The molecule has 0 radical (unpaired) electrons.